The van der Waals surface area contributed by atoms with E-state index in [1.54, 1.807) is 0 Å². The van der Waals surface area contributed by atoms with Crippen molar-refractivity contribution in [1.82, 2.24) is 5.32 Å². The van der Waals surface area contributed by atoms with Gasteiger partial charge in [-0.3, -0.25) is 0 Å². The largest absolute Gasteiger partial charge is 0.310 e. The van der Waals surface area contributed by atoms with E-state index in [1.165, 1.54) is 27.8 Å². The van der Waals surface area contributed by atoms with E-state index in [4.69, 9.17) is 0 Å². The Bertz CT molecular complexity index is 619. The summed E-state index contributed by atoms with van der Waals surface area (Å²) in [6.07, 6.45) is 1.02. The second kappa shape index (κ2) is 7.24. The Morgan fingerprint density at radius 1 is 0.952 bits per heavy atom. The van der Waals surface area contributed by atoms with E-state index in [-0.39, 0.29) is 0 Å². The summed E-state index contributed by atoms with van der Waals surface area (Å²) in [5.41, 5.74) is 6.84. The normalized spacial score (nSPS) is 12.4. The number of benzene rings is 2. The molecule has 2 heteroatoms. The molecule has 0 aromatic heterocycles. The van der Waals surface area contributed by atoms with Gasteiger partial charge in [-0.15, -0.1) is 0 Å². The summed E-state index contributed by atoms with van der Waals surface area (Å²) >= 11 is 3.59. The second-order valence-electron chi connectivity index (χ2n) is 5.73. The second-order valence-corrected chi connectivity index (χ2v) is 6.65. The standard InChI is InChI=1S/C19H24BrN/c1-5-21-19(18-12-17(20)9-7-14(18)3)11-16-8-6-13(2)15(4)10-16/h6-10,12,19,21H,5,11H2,1-4H3. The topological polar surface area (TPSA) is 12.0 Å². The molecule has 1 N–H and O–H groups in total. The van der Waals surface area contributed by atoms with Crippen LogP contribution in [0.5, 0.6) is 0 Å². The number of hydrogen-bond donors (Lipinski definition) is 1. The Morgan fingerprint density at radius 2 is 1.67 bits per heavy atom. The van der Waals surface area contributed by atoms with E-state index in [0.29, 0.717) is 6.04 Å². The zero-order valence-corrected chi connectivity index (χ0v) is 14.9. The molecule has 1 nitrogen and oxygen atoms in total. The lowest BCUT2D eigenvalue weighted by Crippen LogP contribution is -2.23. The monoisotopic (exact) mass is 345 g/mol. The number of likely N-dealkylation sites (N-methyl/N-ethyl adjacent to an activating group) is 1. The quantitative estimate of drug-likeness (QED) is 0.778. The van der Waals surface area contributed by atoms with Crippen LogP contribution in [0.25, 0.3) is 0 Å². The van der Waals surface area contributed by atoms with Crippen LogP contribution in [0.3, 0.4) is 0 Å². The fourth-order valence-electron chi connectivity index (χ4n) is 2.69. The summed E-state index contributed by atoms with van der Waals surface area (Å²) in [4.78, 5) is 0. The molecule has 0 radical (unpaired) electrons. The first-order valence-electron chi connectivity index (χ1n) is 7.56. The van der Waals surface area contributed by atoms with E-state index in [0.717, 1.165) is 17.4 Å². The summed E-state index contributed by atoms with van der Waals surface area (Å²) in [5, 5.41) is 3.63. The molecule has 2 aromatic carbocycles. The molecule has 21 heavy (non-hydrogen) atoms. The zero-order valence-electron chi connectivity index (χ0n) is 13.3. The van der Waals surface area contributed by atoms with Gasteiger partial charge in [-0.2, -0.15) is 0 Å². The third-order valence-corrected chi connectivity index (χ3v) is 4.57. The Morgan fingerprint density at radius 3 is 2.33 bits per heavy atom. The molecule has 1 atom stereocenters. The first-order chi connectivity index (χ1) is 10.0. The van der Waals surface area contributed by atoms with Gasteiger partial charge in [0.1, 0.15) is 0 Å². The van der Waals surface area contributed by atoms with Crippen molar-refractivity contribution < 1.29 is 0 Å². The molecule has 0 saturated heterocycles. The molecule has 0 heterocycles. The minimum absolute atomic E-state index is 0.356. The molecule has 0 saturated carbocycles. The van der Waals surface area contributed by atoms with E-state index in [1.807, 2.05) is 0 Å². The predicted octanol–water partition coefficient (Wildman–Crippen LogP) is 5.27. The van der Waals surface area contributed by atoms with Crippen LogP contribution in [0.2, 0.25) is 0 Å². The number of aryl methyl sites for hydroxylation is 3. The van der Waals surface area contributed by atoms with Gasteiger partial charge in [0, 0.05) is 10.5 Å². The molecule has 0 aliphatic carbocycles. The smallest absolute Gasteiger partial charge is 0.0363 e. The fraction of sp³-hybridized carbons (Fsp3) is 0.368. The molecule has 1 unspecified atom stereocenters. The maximum atomic E-state index is 3.63. The fourth-order valence-corrected chi connectivity index (χ4v) is 3.07. The molecule has 0 aliphatic rings. The van der Waals surface area contributed by atoms with E-state index in [9.17, 15) is 0 Å². The van der Waals surface area contributed by atoms with Gasteiger partial charge in [0.25, 0.3) is 0 Å². The summed E-state index contributed by atoms with van der Waals surface area (Å²) in [6, 6.07) is 13.7. The van der Waals surface area contributed by atoms with E-state index < -0.39 is 0 Å². The van der Waals surface area contributed by atoms with Crippen LogP contribution in [-0.4, -0.2) is 6.54 Å². The van der Waals surface area contributed by atoms with Crippen molar-refractivity contribution in [2.24, 2.45) is 0 Å². The number of rotatable bonds is 5. The zero-order chi connectivity index (χ0) is 15.4. The van der Waals surface area contributed by atoms with Crippen LogP contribution in [0.15, 0.2) is 40.9 Å². The molecule has 0 bridgehead atoms. The lowest BCUT2D eigenvalue weighted by atomic mass is 9.94. The van der Waals surface area contributed by atoms with Gasteiger partial charge >= 0.3 is 0 Å². The van der Waals surface area contributed by atoms with Gasteiger partial charge in [-0.25, -0.2) is 0 Å². The molecule has 2 rings (SSSR count). The average molecular weight is 346 g/mol. The van der Waals surface area contributed by atoms with Crippen LogP contribution in [0.1, 0.15) is 40.8 Å². The number of nitrogens with one attached hydrogen (secondary N) is 1. The van der Waals surface area contributed by atoms with E-state index >= 15 is 0 Å². The lowest BCUT2D eigenvalue weighted by Gasteiger charge is -2.21. The van der Waals surface area contributed by atoms with Gasteiger partial charge < -0.3 is 5.32 Å². The van der Waals surface area contributed by atoms with Crippen LogP contribution >= 0.6 is 15.9 Å². The first kappa shape index (κ1) is 16.3. The van der Waals surface area contributed by atoms with Crippen LogP contribution in [-0.2, 0) is 6.42 Å². The Kier molecular flexibility index (Phi) is 5.60. The average Bonchev–Trinajstić information content (AvgIpc) is 2.45. The van der Waals surface area contributed by atoms with Crippen LogP contribution in [0, 0.1) is 20.8 Å². The molecule has 0 aliphatic heterocycles. The minimum atomic E-state index is 0.356. The molecule has 112 valence electrons. The van der Waals surface area contributed by atoms with E-state index in [2.05, 4.69) is 85.3 Å². The van der Waals surface area contributed by atoms with Crippen molar-refractivity contribution in [2.45, 2.75) is 40.2 Å². The summed E-state index contributed by atoms with van der Waals surface area (Å²) in [6.45, 7) is 9.68. The van der Waals surface area contributed by atoms with Gasteiger partial charge in [-0.05, 0) is 73.7 Å². The predicted molar refractivity (Wildman–Crippen MR) is 94.9 cm³/mol. The van der Waals surface area contributed by atoms with Crippen molar-refractivity contribution in [2.75, 3.05) is 6.54 Å². The Hall–Kier alpha value is -1.12. The lowest BCUT2D eigenvalue weighted by molar-refractivity contribution is 0.547. The minimum Gasteiger partial charge on any atom is -0.310 e. The summed E-state index contributed by atoms with van der Waals surface area (Å²) < 4.78 is 1.14. The van der Waals surface area contributed by atoms with Crippen molar-refractivity contribution in [1.29, 1.82) is 0 Å². The molecular formula is C19H24BrN. The maximum Gasteiger partial charge on any atom is 0.0363 e. The maximum absolute atomic E-state index is 3.63. The van der Waals surface area contributed by atoms with Crippen molar-refractivity contribution in [3.63, 3.8) is 0 Å². The molecule has 0 amide bonds. The molecular weight excluding hydrogens is 322 g/mol. The van der Waals surface area contributed by atoms with Gasteiger partial charge in [0.15, 0.2) is 0 Å². The number of halogens is 1. The van der Waals surface area contributed by atoms with Crippen molar-refractivity contribution in [3.8, 4) is 0 Å². The highest BCUT2D eigenvalue weighted by atomic mass is 79.9. The Labute approximate surface area is 136 Å². The molecule has 0 spiro atoms. The third-order valence-electron chi connectivity index (χ3n) is 4.08. The highest BCUT2D eigenvalue weighted by Crippen LogP contribution is 2.26. The highest BCUT2D eigenvalue weighted by Gasteiger charge is 2.14. The third kappa shape index (κ3) is 4.18. The first-order valence-corrected chi connectivity index (χ1v) is 8.36. The Balaban J connectivity index is 2.30. The van der Waals surface area contributed by atoms with Crippen molar-refractivity contribution in [3.05, 3.63) is 68.7 Å². The van der Waals surface area contributed by atoms with Gasteiger partial charge in [-0.1, -0.05) is 47.1 Å². The van der Waals surface area contributed by atoms with Crippen LogP contribution in [0.4, 0.5) is 0 Å². The summed E-state index contributed by atoms with van der Waals surface area (Å²) in [7, 11) is 0. The molecule has 2 aromatic rings. The number of hydrogen-bond acceptors (Lipinski definition) is 1. The van der Waals surface area contributed by atoms with Gasteiger partial charge in [0.05, 0.1) is 0 Å². The molecule has 0 fully saturated rings. The van der Waals surface area contributed by atoms with Crippen molar-refractivity contribution >= 4 is 15.9 Å². The highest BCUT2D eigenvalue weighted by molar-refractivity contribution is 9.10. The van der Waals surface area contributed by atoms with Gasteiger partial charge in [0.2, 0.25) is 0 Å². The SMILES string of the molecule is CCNC(Cc1ccc(C)c(C)c1)c1cc(Br)ccc1C. The van der Waals surface area contributed by atoms with Crippen LogP contribution < -0.4 is 5.32 Å². The summed E-state index contributed by atoms with van der Waals surface area (Å²) in [5.74, 6) is 0.